The number of hydrogen-bond donors (Lipinski definition) is 0. The van der Waals surface area contributed by atoms with Crippen LogP contribution in [0, 0.1) is 22.7 Å². The van der Waals surface area contributed by atoms with Gasteiger partial charge in [-0.05, 0) is 39.0 Å². The first-order valence-electron chi connectivity index (χ1n) is 5.78. The molecular formula is C14H26O. The van der Waals surface area contributed by atoms with Gasteiger partial charge in [0.05, 0.1) is 0 Å². The molecule has 0 spiro atoms. The quantitative estimate of drug-likeness (QED) is 0.505. The van der Waals surface area contributed by atoms with Gasteiger partial charge < -0.3 is 4.74 Å². The second kappa shape index (κ2) is 6.18. The lowest BCUT2D eigenvalue weighted by molar-refractivity contribution is 0.151. The normalized spacial score (nSPS) is 12.1. The Morgan fingerprint density at radius 1 is 1.00 bits per heavy atom. The zero-order valence-electron chi connectivity index (χ0n) is 11.2. The Bertz CT molecular complexity index is 216. The molecule has 0 amide bonds. The van der Waals surface area contributed by atoms with E-state index in [1.54, 1.807) is 0 Å². The van der Waals surface area contributed by atoms with E-state index >= 15 is 0 Å². The zero-order chi connectivity index (χ0) is 11.9. The van der Waals surface area contributed by atoms with Crippen LogP contribution in [0.5, 0.6) is 0 Å². The number of rotatable bonds is 4. The molecule has 0 fully saturated rings. The zero-order valence-corrected chi connectivity index (χ0v) is 11.2. The Hall–Kier alpha value is -0.480. The van der Waals surface area contributed by atoms with Gasteiger partial charge in [0, 0.05) is 12.0 Å². The minimum Gasteiger partial charge on any atom is -0.369 e. The molecule has 0 bridgehead atoms. The molecule has 0 aliphatic carbocycles. The van der Waals surface area contributed by atoms with Gasteiger partial charge in [-0.25, -0.2) is 0 Å². The van der Waals surface area contributed by atoms with Gasteiger partial charge in [0.1, 0.15) is 6.61 Å². The molecule has 0 saturated heterocycles. The van der Waals surface area contributed by atoms with Gasteiger partial charge in [-0.2, -0.15) is 0 Å². The third-order valence-corrected chi connectivity index (χ3v) is 1.85. The first-order chi connectivity index (χ1) is 6.71. The van der Waals surface area contributed by atoms with Crippen LogP contribution in [-0.4, -0.2) is 13.2 Å². The van der Waals surface area contributed by atoms with Crippen LogP contribution in [0.15, 0.2) is 0 Å². The molecule has 1 nitrogen and oxygen atoms in total. The Kier molecular flexibility index (Phi) is 5.98. The number of ether oxygens (including phenoxy) is 1. The van der Waals surface area contributed by atoms with Crippen molar-refractivity contribution in [3.63, 3.8) is 0 Å². The van der Waals surface area contributed by atoms with Crippen molar-refractivity contribution in [1.82, 2.24) is 0 Å². The Morgan fingerprint density at radius 2 is 1.60 bits per heavy atom. The highest BCUT2D eigenvalue weighted by Crippen LogP contribution is 2.20. The van der Waals surface area contributed by atoms with Gasteiger partial charge in [0.15, 0.2) is 0 Å². The second-order valence-corrected chi connectivity index (χ2v) is 6.27. The Labute approximate surface area is 95.6 Å². The van der Waals surface area contributed by atoms with Gasteiger partial charge in [-0.3, -0.25) is 0 Å². The molecule has 1 heteroatoms. The van der Waals surface area contributed by atoms with E-state index in [0.717, 1.165) is 13.0 Å². The predicted octanol–water partition coefficient (Wildman–Crippen LogP) is 3.88. The van der Waals surface area contributed by atoms with Crippen LogP contribution in [0.4, 0.5) is 0 Å². The first kappa shape index (κ1) is 14.5. The summed E-state index contributed by atoms with van der Waals surface area (Å²) in [5, 5.41) is 0. The lowest BCUT2D eigenvalue weighted by Crippen LogP contribution is -2.07. The molecule has 0 aliphatic heterocycles. The summed E-state index contributed by atoms with van der Waals surface area (Å²) in [5.74, 6) is 6.20. The van der Waals surface area contributed by atoms with Crippen LogP contribution in [0.1, 0.15) is 54.4 Å². The van der Waals surface area contributed by atoms with Gasteiger partial charge >= 0.3 is 0 Å². The van der Waals surface area contributed by atoms with Crippen molar-refractivity contribution in [1.29, 1.82) is 0 Å². The summed E-state index contributed by atoms with van der Waals surface area (Å²) < 4.78 is 5.45. The van der Waals surface area contributed by atoms with E-state index in [-0.39, 0.29) is 5.41 Å². The van der Waals surface area contributed by atoms with Crippen molar-refractivity contribution < 1.29 is 4.74 Å². The molecule has 0 radical (unpaired) electrons. The highest BCUT2D eigenvalue weighted by molar-refractivity contribution is 5.07. The molecule has 88 valence electrons. The van der Waals surface area contributed by atoms with E-state index in [4.69, 9.17) is 4.74 Å². The van der Waals surface area contributed by atoms with E-state index in [1.807, 2.05) is 0 Å². The molecule has 0 aromatic heterocycles. The fourth-order valence-electron chi connectivity index (χ4n) is 1.13. The fourth-order valence-corrected chi connectivity index (χ4v) is 1.13. The Morgan fingerprint density at radius 3 is 2.07 bits per heavy atom. The molecule has 0 N–H and O–H groups in total. The summed E-state index contributed by atoms with van der Waals surface area (Å²) >= 11 is 0. The molecule has 0 unspecified atom stereocenters. The van der Waals surface area contributed by atoms with Crippen LogP contribution in [0.25, 0.3) is 0 Å². The largest absolute Gasteiger partial charge is 0.369 e. The number of hydrogen-bond acceptors (Lipinski definition) is 1. The topological polar surface area (TPSA) is 9.23 Å². The standard InChI is InChI=1S/C14H26O/c1-13(2,3)9-7-11-15-12-8-10-14(4,5)6/h7,9,11-12H2,1-6H3. The van der Waals surface area contributed by atoms with E-state index in [0.29, 0.717) is 12.0 Å². The van der Waals surface area contributed by atoms with Crippen molar-refractivity contribution >= 4 is 0 Å². The minimum absolute atomic E-state index is 0.0920. The maximum atomic E-state index is 5.45. The SMILES string of the molecule is CC(C)(C)C#CCOCCCC(C)(C)C. The summed E-state index contributed by atoms with van der Waals surface area (Å²) in [7, 11) is 0. The van der Waals surface area contributed by atoms with Crippen LogP contribution in [-0.2, 0) is 4.74 Å². The molecule has 0 aromatic rings. The highest BCUT2D eigenvalue weighted by atomic mass is 16.5. The average Bonchev–Trinajstić information content (AvgIpc) is 1.98. The van der Waals surface area contributed by atoms with Gasteiger partial charge in [-0.1, -0.05) is 32.6 Å². The van der Waals surface area contributed by atoms with Crippen molar-refractivity contribution in [2.75, 3.05) is 13.2 Å². The van der Waals surface area contributed by atoms with E-state index in [1.165, 1.54) is 6.42 Å². The van der Waals surface area contributed by atoms with Crippen molar-refractivity contribution in [2.45, 2.75) is 54.4 Å². The van der Waals surface area contributed by atoms with Gasteiger partial charge in [0.2, 0.25) is 0 Å². The molecule has 0 aliphatic rings. The van der Waals surface area contributed by atoms with Crippen LogP contribution >= 0.6 is 0 Å². The molecular weight excluding hydrogens is 184 g/mol. The molecule has 0 heterocycles. The van der Waals surface area contributed by atoms with Crippen molar-refractivity contribution in [3.8, 4) is 11.8 Å². The van der Waals surface area contributed by atoms with E-state index < -0.39 is 0 Å². The van der Waals surface area contributed by atoms with Crippen molar-refractivity contribution in [3.05, 3.63) is 0 Å². The summed E-state index contributed by atoms with van der Waals surface area (Å²) in [6, 6.07) is 0. The smallest absolute Gasteiger partial charge is 0.107 e. The minimum atomic E-state index is 0.0920. The Balaban J connectivity index is 3.44. The third-order valence-electron chi connectivity index (χ3n) is 1.85. The average molecular weight is 210 g/mol. The molecule has 15 heavy (non-hydrogen) atoms. The van der Waals surface area contributed by atoms with Gasteiger partial charge in [0.25, 0.3) is 0 Å². The maximum Gasteiger partial charge on any atom is 0.107 e. The molecule has 0 saturated carbocycles. The summed E-state index contributed by atoms with van der Waals surface area (Å²) in [6.45, 7) is 14.5. The predicted molar refractivity (Wildman–Crippen MR) is 66.7 cm³/mol. The molecule has 0 rings (SSSR count). The molecule has 0 atom stereocenters. The third kappa shape index (κ3) is 13.5. The van der Waals surface area contributed by atoms with Crippen LogP contribution < -0.4 is 0 Å². The summed E-state index contributed by atoms with van der Waals surface area (Å²) in [6.07, 6.45) is 2.33. The lowest BCUT2D eigenvalue weighted by Gasteiger charge is -2.17. The summed E-state index contributed by atoms with van der Waals surface area (Å²) in [5.41, 5.74) is 0.509. The lowest BCUT2D eigenvalue weighted by atomic mass is 9.91. The van der Waals surface area contributed by atoms with E-state index in [2.05, 4.69) is 53.4 Å². The van der Waals surface area contributed by atoms with Crippen LogP contribution in [0.2, 0.25) is 0 Å². The monoisotopic (exact) mass is 210 g/mol. The summed E-state index contributed by atoms with van der Waals surface area (Å²) in [4.78, 5) is 0. The maximum absolute atomic E-state index is 5.45. The second-order valence-electron chi connectivity index (χ2n) is 6.27. The van der Waals surface area contributed by atoms with Gasteiger partial charge in [-0.15, -0.1) is 0 Å². The fraction of sp³-hybridized carbons (Fsp3) is 0.857. The first-order valence-corrected chi connectivity index (χ1v) is 5.78. The van der Waals surface area contributed by atoms with Crippen molar-refractivity contribution in [2.24, 2.45) is 10.8 Å². The highest BCUT2D eigenvalue weighted by Gasteiger charge is 2.08. The molecule has 0 aromatic carbocycles. The van der Waals surface area contributed by atoms with E-state index in [9.17, 15) is 0 Å². The van der Waals surface area contributed by atoms with Crippen LogP contribution in [0.3, 0.4) is 0 Å².